The molecule has 0 saturated carbocycles. The minimum absolute atomic E-state index is 0.219. The third kappa shape index (κ3) is 4.93. The van der Waals surface area contributed by atoms with Crippen LogP contribution in [0.3, 0.4) is 0 Å². The topological polar surface area (TPSA) is 109 Å². The second-order valence-electron chi connectivity index (χ2n) is 5.38. The maximum absolute atomic E-state index is 10.5. The molecule has 0 aliphatic heterocycles. The summed E-state index contributed by atoms with van der Waals surface area (Å²) in [5.74, 6) is 0.613. The van der Waals surface area contributed by atoms with E-state index in [9.17, 15) is 4.79 Å². The molecule has 0 fully saturated rings. The number of nitrogens with one attached hydrogen (secondary N) is 2. The van der Waals surface area contributed by atoms with E-state index in [-0.39, 0.29) is 5.56 Å². The Kier molecular flexibility index (Phi) is 6.92. The van der Waals surface area contributed by atoms with Gasteiger partial charge in [0.05, 0.1) is 19.8 Å². The number of aromatic amines is 1. The number of carbonyl (C=O) groups is 1. The molecule has 0 spiro atoms. The molecule has 0 aliphatic carbocycles. The molecule has 1 heterocycles. The van der Waals surface area contributed by atoms with Crippen LogP contribution in [0.15, 0.2) is 36.4 Å². The molecule has 0 unspecified atom stereocenters. The van der Waals surface area contributed by atoms with E-state index in [4.69, 9.17) is 14.6 Å². The normalized spacial score (nSPS) is 10.1. The van der Waals surface area contributed by atoms with Gasteiger partial charge in [-0.25, -0.2) is 4.79 Å². The summed E-state index contributed by atoms with van der Waals surface area (Å²) in [7, 11) is 5.24. The third-order valence-corrected chi connectivity index (χ3v) is 3.67. The molecule has 8 heteroatoms. The predicted molar refractivity (Wildman–Crippen MR) is 98.0 cm³/mol. The van der Waals surface area contributed by atoms with Crippen molar-refractivity contribution in [3.05, 3.63) is 47.5 Å². The standard InChI is InChI=1S/C11H17NO2.C7H5N3O2/c1-12-7-6-9-4-5-10(13-2)11(8-9)14-3;11-7(12)4-1-2-5-6(3-4)9-10-8-5/h4-5,8,12H,6-7H2,1-3H3;1-3H,(H,11,12)(H,8,9,10). The Morgan fingerprint density at radius 1 is 1.08 bits per heavy atom. The van der Waals surface area contributed by atoms with Crippen LogP contribution in [0.5, 0.6) is 11.5 Å². The van der Waals surface area contributed by atoms with Crippen molar-refractivity contribution in [2.75, 3.05) is 27.8 Å². The first-order valence-corrected chi connectivity index (χ1v) is 7.98. The van der Waals surface area contributed by atoms with Gasteiger partial charge in [0, 0.05) is 0 Å². The zero-order valence-electron chi connectivity index (χ0n) is 14.9. The van der Waals surface area contributed by atoms with Gasteiger partial charge in [0.2, 0.25) is 0 Å². The molecule has 0 atom stereocenters. The highest BCUT2D eigenvalue weighted by Gasteiger charge is 2.05. The first kappa shape index (κ1) is 19.2. The number of hydrogen-bond donors (Lipinski definition) is 3. The lowest BCUT2D eigenvalue weighted by atomic mass is 10.1. The summed E-state index contributed by atoms with van der Waals surface area (Å²) in [6, 6.07) is 10.6. The predicted octanol–water partition coefficient (Wildman–Crippen LogP) is 2.12. The summed E-state index contributed by atoms with van der Waals surface area (Å²) in [4.78, 5) is 10.5. The third-order valence-electron chi connectivity index (χ3n) is 3.67. The van der Waals surface area contributed by atoms with Crippen molar-refractivity contribution in [3.8, 4) is 11.5 Å². The van der Waals surface area contributed by atoms with Crippen molar-refractivity contribution in [2.24, 2.45) is 0 Å². The first-order valence-electron chi connectivity index (χ1n) is 7.98. The largest absolute Gasteiger partial charge is 0.493 e. The molecule has 2 aromatic carbocycles. The molecule has 1 aromatic heterocycles. The van der Waals surface area contributed by atoms with Crippen LogP contribution in [-0.2, 0) is 6.42 Å². The van der Waals surface area contributed by atoms with Crippen molar-refractivity contribution < 1.29 is 19.4 Å². The quantitative estimate of drug-likeness (QED) is 0.619. The summed E-state index contributed by atoms with van der Waals surface area (Å²) in [5, 5.41) is 21.7. The van der Waals surface area contributed by atoms with E-state index >= 15 is 0 Å². The number of benzene rings is 2. The van der Waals surface area contributed by atoms with Crippen molar-refractivity contribution >= 4 is 17.0 Å². The second kappa shape index (κ2) is 9.38. The van der Waals surface area contributed by atoms with E-state index in [1.807, 2.05) is 19.2 Å². The van der Waals surface area contributed by atoms with Gasteiger partial charge in [0.25, 0.3) is 0 Å². The van der Waals surface area contributed by atoms with Crippen molar-refractivity contribution in [1.82, 2.24) is 20.7 Å². The van der Waals surface area contributed by atoms with E-state index < -0.39 is 5.97 Å². The molecule has 0 saturated heterocycles. The van der Waals surface area contributed by atoms with Gasteiger partial charge in [-0.15, -0.1) is 0 Å². The lowest BCUT2D eigenvalue weighted by Crippen LogP contribution is -2.10. The van der Waals surface area contributed by atoms with Crippen LogP contribution in [0.2, 0.25) is 0 Å². The zero-order chi connectivity index (χ0) is 18.9. The van der Waals surface area contributed by atoms with Gasteiger partial charge < -0.3 is 19.9 Å². The number of methoxy groups -OCH3 is 2. The molecule has 0 aliphatic rings. The Hall–Kier alpha value is -3.13. The highest BCUT2D eigenvalue weighted by molar-refractivity contribution is 5.91. The fourth-order valence-electron chi connectivity index (χ4n) is 2.28. The fraction of sp³-hybridized carbons (Fsp3) is 0.278. The Morgan fingerprint density at radius 2 is 1.81 bits per heavy atom. The van der Waals surface area contributed by atoms with Crippen LogP contribution >= 0.6 is 0 Å². The van der Waals surface area contributed by atoms with Crippen LogP contribution in [-0.4, -0.2) is 54.3 Å². The number of rotatable bonds is 6. The van der Waals surface area contributed by atoms with Crippen LogP contribution < -0.4 is 14.8 Å². The maximum Gasteiger partial charge on any atom is 0.335 e. The lowest BCUT2D eigenvalue weighted by Gasteiger charge is -2.09. The number of H-pyrrole nitrogens is 1. The van der Waals surface area contributed by atoms with E-state index in [2.05, 4.69) is 26.8 Å². The SMILES string of the molecule is CNCCc1ccc(OC)c(OC)c1.O=C(O)c1ccc2n[nH]nc2c1. The van der Waals surface area contributed by atoms with Crippen LogP contribution in [0.1, 0.15) is 15.9 Å². The number of hydrogen-bond acceptors (Lipinski definition) is 6. The number of carboxylic acid groups (broad SMARTS) is 1. The Morgan fingerprint density at radius 3 is 2.46 bits per heavy atom. The van der Waals surface area contributed by atoms with Crippen molar-refractivity contribution in [3.63, 3.8) is 0 Å². The van der Waals surface area contributed by atoms with Gasteiger partial charge in [-0.05, 0) is 55.9 Å². The Bertz CT molecular complexity index is 863. The molecule has 8 nitrogen and oxygen atoms in total. The van der Waals surface area contributed by atoms with Gasteiger partial charge in [-0.1, -0.05) is 6.07 Å². The summed E-state index contributed by atoms with van der Waals surface area (Å²) >= 11 is 0. The molecule has 3 aromatic rings. The first-order chi connectivity index (χ1) is 12.6. The van der Waals surface area contributed by atoms with Crippen molar-refractivity contribution in [1.29, 1.82) is 0 Å². The molecule has 0 amide bonds. The highest BCUT2D eigenvalue weighted by atomic mass is 16.5. The van der Waals surface area contributed by atoms with E-state index in [1.54, 1.807) is 20.3 Å². The van der Waals surface area contributed by atoms with Gasteiger partial charge in [-0.3, -0.25) is 0 Å². The summed E-state index contributed by atoms with van der Waals surface area (Å²) in [6.07, 6.45) is 0.997. The van der Waals surface area contributed by atoms with E-state index in [1.165, 1.54) is 17.7 Å². The average molecular weight is 358 g/mol. The van der Waals surface area contributed by atoms with E-state index in [0.29, 0.717) is 11.0 Å². The molecule has 138 valence electrons. The minimum atomic E-state index is -0.958. The molecular weight excluding hydrogens is 336 g/mol. The number of ether oxygens (including phenoxy) is 2. The smallest absolute Gasteiger partial charge is 0.335 e. The summed E-state index contributed by atoms with van der Waals surface area (Å²) in [5.41, 5.74) is 2.70. The molecule has 3 N–H and O–H groups in total. The average Bonchev–Trinajstić information content (AvgIpc) is 3.14. The van der Waals surface area contributed by atoms with Crippen molar-refractivity contribution in [2.45, 2.75) is 6.42 Å². The molecule has 0 bridgehead atoms. The second-order valence-corrected chi connectivity index (χ2v) is 5.38. The number of fused-ring (bicyclic) bond motifs is 1. The van der Waals surface area contributed by atoms with Gasteiger partial charge >= 0.3 is 5.97 Å². The molecular formula is C18H22N4O4. The molecule has 26 heavy (non-hydrogen) atoms. The molecule has 3 rings (SSSR count). The number of carboxylic acids is 1. The Labute approximate surface area is 151 Å². The number of likely N-dealkylation sites (N-methyl/N-ethyl adjacent to an activating group) is 1. The number of aromatic carboxylic acids is 1. The lowest BCUT2D eigenvalue weighted by molar-refractivity contribution is 0.0697. The van der Waals surface area contributed by atoms with Gasteiger partial charge in [-0.2, -0.15) is 15.4 Å². The van der Waals surface area contributed by atoms with Crippen LogP contribution in [0, 0.1) is 0 Å². The Balaban J connectivity index is 0.000000189. The minimum Gasteiger partial charge on any atom is -0.493 e. The van der Waals surface area contributed by atoms with Gasteiger partial charge in [0.1, 0.15) is 11.0 Å². The maximum atomic E-state index is 10.5. The van der Waals surface area contributed by atoms with Crippen LogP contribution in [0.25, 0.3) is 11.0 Å². The summed E-state index contributed by atoms with van der Waals surface area (Å²) in [6.45, 7) is 0.968. The number of nitrogens with zero attached hydrogens (tertiary/aromatic N) is 2. The zero-order valence-corrected chi connectivity index (χ0v) is 14.9. The molecule has 0 radical (unpaired) electrons. The number of aromatic nitrogens is 3. The monoisotopic (exact) mass is 358 g/mol. The fourth-order valence-corrected chi connectivity index (χ4v) is 2.28. The van der Waals surface area contributed by atoms with Gasteiger partial charge in [0.15, 0.2) is 11.5 Å². The summed E-state index contributed by atoms with van der Waals surface area (Å²) < 4.78 is 10.4. The van der Waals surface area contributed by atoms with Crippen LogP contribution in [0.4, 0.5) is 0 Å². The highest BCUT2D eigenvalue weighted by Crippen LogP contribution is 2.27. The van der Waals surface area contributed by atoms with E-state index in [0.717, 1.165) is 24.5 Å².